The van der Waals surface area contributed by atoms with Crippen LogP contribution in [0, 0.1) is 6.92 Å². The molecule has 0 saturated carbocycles. The first-order chi connectivity index (χ1) is 11.5. The minimum atomic E-state index is -1.05. The zero-order valence-corrected chi connectivity index (χ0v) is 16.2. The van der Waals surface area contributed by atoms with Gasteiger partial charge in [-0.15, -0.1) is 11.3 Å². The highest BCUT2D eigenvalue weighted by Gasteiger charge is 2.16. The van der Waals surface area contributed by atoms with Crippen LogP contribution in [0.2, 0.25) is 9.49 Å². The molecule has 3 rings (SSSR count). The van der Waals surface area contributed by atoms with Gasteiger partial charge >= 0.3 is 0 Å². The first kappa shape index (κ1) is 17.7. The number of nitrogens with zero attached hydrogens (tertiary/aromatic N) is 2. The summed E-state index contributed by atoms with van der Waals surface area (Å²) < 4.78 is 14.9. The van der Waals surface area contributed by atoms with Crippen LogP contribution in [-0.4, -0.2) is 14.0 Å². The molecule has 0 N–H and O–H groups in total. The van der Waals surface area contributed by atoms with Crippen LogP contribution in [0.4, 0.5) is 0 Å². The second-order valence-electron chi connectivity index (χ2n) is 5.43. The van der Waals surface area contributed by atoms with Crippen molar-refractivity contribution >= 4 is 45.3 Å². The molecule has 0 fully saturated rings. The lowest BCUT2D eigenvalue weighted by Crippen LogP contribution is -2.02. The van der Waals surface area contributed by atoms with Crippen molar-refractivity contribution in [1.82, 2.24) is 9.78 Å². The molecule has 2 aromatic heterocycles. The van der Waals surface area contributed by atoms with Gasteiger partial charge in [0.2, 0.25) is 0 Å². The van der Waals surface area contributed by atoms with Gasteiger partial charge in [0.15, 0.2) is 0 Å². The van der Waals surface area contributed by atoms with E-state index in [0.717, 1.165) is 21.7 Å². The number of thiophene rings is 1. The van der Waals surface area contributed by atoms with Gasteiger partial charge in [-0.3, -0.25) is 4.21 Å². The lowest BCUT2D eigenvalue weighted by Gasteiger charge is -2.04. The molecule has 0 radical (unpaired) electrons. The number of aromatic nitrogens is 2. The summed E-state index contributed by atoms with van der Waals surface area (Å²) in [6.45, 7) is 2.51. The highest BCUT2D eigenvalue weighted by atomic mass is 35.5. The van der Waals surface area contributed by atoms with E-state index in [9.17, 15) is 4.21 Å². The van der Waals surface area contributed by atoms with Crippen LogP contribution < -0.4 is 0 Å². The van der Waals surface area contributed by atoms with Gasteiger partial charge < -0.3 is 0 Å². The molecule has 7 heteroatoms. The van der Waals surface area contributed by atoms with Crippen molar-refractivity contribution in [2.24, 2.45) is 0 Å². The fourth-order valence-corrected chi connectivity index (χ4v) is 5.49. The zero-order valence-electron chi connectivity index (χ0n) is 13.0. The quantitative estimate of drug-likeness (QED) is 0.581. The summed E-state index contributed by atoms with van der Waals surface area (Å²) in [5.41, 5.74) is 2.81. The van der Waals surface area contributed by atoms with Crippen molar-refractivity contribution in [1.29, 1.82) is 0 Å². The van der Waals surface area contributed by atoms with Crippen molar-refractivity contribution in [3.63, 3.8) is 0 Å². The average Bonchev–Trinajstić information content (AvgIpc) is 3.07. The third kappa shape index (κ3) is 4.28. The molecule has 0 aliphatic heterocycles. The van der Waals surface area contributed by atoms with Crippen LogP contribution in [0.5, 0.6) is 0 Å². The first-order valence-corrected chi connectivity index (χ1v) is 10.4. The largest absolute Gasteiger partial charge is 0.259 e. The van der Waals surface area contributed by atoms with E-state index in [2.05, 4.69) is 5.10 Å². The van der Waals surface area contributed by atoms with Gasteiger partial charge in [-0.2, -0.15) is 5.10 Å². The van der Waals surface area contributed by atoms with E-state index in [-0.39, 0.29) is 0 Å². The number of halogens is 2. The summed E-state index contributed by atoms with van der Waals surface area (Å²) >= 11 is 13.9. The Balaban J connectivity index is 1.73. The van der Waals surface area contributed by atoms with Crippen molar-refractivity contribution in [3.05, 3.63) is 73.7 Å². The third-order valence-electron chi connectivity index (χ3n) is 3.60. The lowest BCUT2D eigenvalue weighted by atomic mass is 10.2. The Hall–Kier alpha value is -1.14. The van der Waals surface area contributed by atoms with Crippen molar-refractivity contribution in [2.75, 3.05) is 0 Å². The summed E-state index contributed by atoms with van der Waals surface area (Å²) in [6.07, 6.45) is 0. The van der Waals surface area contributed by atoms with Crippen LogP contribution in [0.15, 0.2) is 42.5 Å². The molecule has 1 atom stereocenters. The zero-order chi connectivity index (χ0) is 17.1. The minimum absolute atomic E-state index is 0.398. The SMILES string of the molecule is Cc1nn(Cc2ccccc2)c(Cl)c1C[S@@](=O)Cc1ccc(Cl)s1. The van der Waals surface area contributed by atoms with Crippen molar-refractivity contribution in [3.8, 4) is 0 Å². The van der Waals surface area contributed by atoms with E-state index in [1.54, 1.807) is 4.68 Å². The third-order valence-corrected chi connectivity index (χ3v) is 6.68. The number of hydrogen-bond donors (Lipinski definition) is 0. The molecule has 24 heavy (non-hydrogen) atoms. The van der Waals surface area contributed by atoms with Crippen molar-refractivity contribution < 1.29 is 4.21 Å². The van der Waals surface area contributed by atoms with Gasteiger partial charge in [0.25, 0.3) is 0 Å². The molecule has 3 aromatic rings. The topological polar surface area (TPSA) is 34.9 Å². The molecule has 0 bridgehead atoms. The Morgan fingerprint density at radius 3 is 2.54 bits per heavy atom. The summed E-state index contributed by atoms with van der Waals surface area (Å²) in [6, 6.07) is 13.8. The standard InChI is InChI=1S/C17H16Cl2N2OS2/c1-12-15(11-24(22)10-14-7-8-16(18)23-14)17(19)21(20-12)9-13-5-3-2-4-6-13/h2-8H,9-11H2,1H3/t24-/m0/s1. The fraction of sp³-hybridized carbons (Fsp3) is 0.235. The second-order valence-corrected chi connectivity index (χ2v) is 9.05. The Kier molecular flexibility index (Phi) is 5.76. The van der Waals surface area contributed by atoms with E-state index in [0.29, 0.717) is 27.5 Å². The molecule has 1 aromatic carbocycles. The predicted molar refractivity (Wildman–Crippen MR) is 102 cm³/mol. The van der Waals surface area contributed by atoms with E-state index in [1.807, 2.05) is 49.4 Å². The predicted octanol–water partition coefficient (Wildman–Crippen LogP) is 5.06. The van der Waals surface area contributed by atoms with Crippen LogP contribution in [0.25, 0.3) is 0 Å². The van der Waals surface area contributed by atoms with Crippen LogP contribution in [0.1, 0.15) is 21.7 Å². The maximum absolute atomic E-state index is 12.4. The maximum Gasteiger partial charge on any atom is 0.131 e. The average molecular weight is 399 g/mol. The van der Waals surface area contributed by atoms with Crippen LogP contribution in [-0.2, 0) is 28.9 Å². The maximum atomic E-state index is 12.4. The molecule has 3 nitrogen and oxygen atoms in total. The molecule has 0 spiro atoms. The Labute approximate surface area is 157 Å². The number of benzene rings is 1. The second kappa shape index (κ2) is 7.83. The molecule has 0 unspecified atom stereocenters. The van der Waals surface area contributed by atoms with Gasteiger partial charge in [0.05, 0.1) is 28.1 Å². The minimum Gasteiger partial charge on any atom is -0.259 e. The van der Waals surface area contributed by atoms with E-state index in [4.69, 9.17) is 23.2 Å². The van der Waals surface area contributed by atoms with Crippen LogP contribution in [0.3, 0.4) is 0 Å². The molecule has 0 aliphatic rings. The lowest BCUT2D eigenvalue weighted by molar-refractivity contribution is 0.679. The van der Waals surface area contributed by atoms with Gasteiger partial charge in [-0.25, -0.2) is 4.68 Å². The molecule has 0 amide bonds. The number of hydrogen-bond acceptors (Lipinski definition) is 3. The van der Waals surface area contributed by atoms with Gasteiger partial charge in [0.1, 0.15) is 5.15 Å². The van der Waals surface area contributed by atoms with Gasteiger partial charge in [-0.1, -0.05) is 53.5 Å². The summed E-state index contributed by atoms with van der Waals surface area (Å²) in [5, 5.41) is 5.07. The van der Waals surface area contributed by atoms with E-state index >= 15 is 0 Å². The number of rotatable bonds is 6. The molecule has 0 saturated heterocycles. The first-order valence-electron chi connectivity index (χ1n) is 7.38. The Morgan fingerprint density at radius 1 is 1.12 bits per heavy atom. The molecule has 2 heterocycles. The smallest absolute Gasteiger partial charge is 0.131 e. The fourth-order valence-electron chi connectivity index (χ4n) is 2.42. The number of aryl methyl sites for hydroxylation is 1. The van der Waals surface area contributed by atoms with Gasteiger partial charge in [-0.05, 0) is 24.6 Å². The summed E-state index contributed by atoms with van der Waals surface area (Å²) in [7, 11) is -1.05. The Morgan fingerprint density at radius 2 is 1.88 bits per heavy atom. The summed E-state index contributed by atoms with van der Waals surface area (Å²) in [4.78, 5) is 1.02. The normalized spacial score (nSPS) is 12.5. The van der Waals surface area contributed by atoms with E-state index < -0.39 is 10.8 Å². The molecule has 0 aliphatic carbocycles. The monoisotopic (exact) mass is 398 g/mol. The highest BCUT2D eigenvalue weighted by molar-refractivity contribution is 7.83. The molecule has 126 valence electrons. The highest BCUT2D eigenvalue weighted by Crippen LogP contribution is 2.26. The van der Waals surface area contributed by atoms with Gasteiger partial charge in [0, 0.05) is 21.2 Å². The van der Waals surface area contributed by atoms with E-state index in [1.165, 1.54) is 11.3 Å². The Bertz CT molecular complexity index is 859. The van der Waals surface area contributed by atoms with Crippen molar-refractivity contribution in [2.45, 2.75) is 25.0 Å². The summed E-state index contributed by atoms with van der Waals surface area (Å²) in [5.74, 6) is 0.881. The molecular formula is C17H16Cl2N2OS2. The molecular weight excluding hydrogens is 383 g/mol. The van der Waals surface area contributed by atoms with Crippen LogP contribution >= 0.6 is 34.5 Å².